The van der Waals surface area contributed by atoms with E-state index < -0.39 is 0 Å². The number of nitrogens with two attached hydrogens (primary N) is 2. The summed E-state index contributed by atoms with van der Waals surface area (Å²) in [4.78, 5) is 0. The van der Waals surface area contributed by atoms with Gasteiger partial charge in [-0.3, -0.25) is 0 Å². The number of hydrogen-bond acceptors (Lipinski definition) is 4. The Morgan fingerprint density at radius 3 is 2.55 bits per heavy atom. The lowest BCUT2D eigenvalue weighted by molar-refractivity contribution is 0.284. The third-order valence-corrected chi connectivity index (χ3v) is 2.80. The predicted molar refractivity (Wildman–Crippen MR) is 87.2 cm³/mol. The molecule has 2 aromatic carbocycles. The molecular formula is C16H18N4O2. The van der Waals surface area contributed by atoms with Gasteiger partial charge in [-0.2, -0.15) is 5.10 Å². The molecule has 0 fully saturated rings. The van der Waals surface area contributed by atoms with Crippen molar-refractivity contribution in [2.24, 2.45) is 21.7 Å². The van der Waals surface area contributed by atoms with Crippen LogP contribution in [0.15, 0.2) is 58.7 Å². The average Bonchev–Trinajstić information content (AvgIpc) is 2.54. The molecule has 0 saturated carbocycles. The number of rotatable bonds is 6. The maximum atomic E-state index is 5.81. The van der Waals surface area contributed by atoms with E-state index in [1.54, 1.807) is 13.2 Å². The minimum Gasteiger partial charge on any atom is -0.493 e. The van der Waals surface area contributed by atoms with Gasteiger partial charge in [0.25, 0.3) is 0 Å². The van der Waals surface area contributed by atoms with Crippen molar-refractivity contribution in [2.45, 2.75) is 6.61 Å². The summed E-state index contributed by atoms with van der Waals surface area (Å²) in [6.45, 7) is 0.450. The van der Waals surface area contributed by atoms with Crippen molar-refractivity contribution in [1.29, 1.82) is 0 Å². The predicted octanol–water partition coefficient (Wildman–Crippen LogP) is 1.88. The molecule has 0 saturated heterocycles. The van der Waals surface area contributed by atoms with Crippen LogP contribution >= 0.6 is 0 Å². The number of ether oxygens (including phenoxy) is 2. The summed E-state index contributed by atoms with van der Waals surface area (Å²) in [5.74, 6) is 1.18. The second-order valence-electron chi connectivity index (χ2n) is 4.45. The lowest BCUT2D eigenvalue weighted by Crippen LogP contribution is -2.21. The molecule has 114 valence electrons. The molecule has 0 spiro atoms. The highest BCUT2D eigenvalue weighted by Gasteiger charge is 2.05. The van der Waals surface area contributed by atoms with Crippen molar-refractivity contribution in [2.75, 3.05) is 7.11 Å². The number of methoxy groups -OCH3 is 1. The van der Waals surface area contributed by atoms with Crippen molar-refractivity contribution in [3.05, 3.63) is 59.7 Å². The van der Waals surface area contributed by atoms with E-state index in [-0.39, 0.29) is 5.96 Å². The molecule has 6 nitrogen and oxygen atoms in total. The summed E-state index contributed by atoms with van der Waals surface area (Å²) in [6, 6.07) is 15.3. The lowest BCUT2D eigenvalue weighted by atomic mass is 10.2. The summed E-state index contributed by atoms with van der Waals surface area (Å²) in [5, 5.41) is 7.33. The third-order valence-electron chi connectivity index (χ3n) is 2.80. The molecule has 0 aliphatic heterocycles. The minimum atomic E-state index is -0.0923. The molecule has 0 aromatic heterocycles. The molecule has 0 heterocycles. The smallest absolute Gasteiger partial charge is 0.211 e. The van der Waals surface area contributed by atoms with E-state index in [4.69, 9.17) is 20.9 Å². The summed E-state index contributed by atoms with van der Waals surface area (Å²) in [5.41, 5.74) is 12.3. The highest BCUT2D eigenvalue weighted by atomic mass is 16.5. The second kappa shape index (κ2) is 7.68. The first-order valence-electron chi connectivity index (χ1n) is 6.66. The zero-order chi connectivity index (χ0) is 15.8. The van der Waals surface area contributed by atoms with Crippen molar-refractivity contribution in [1.82, 2.24) is 0 Å². The van der Waals surface area contributed by atoms with Gasteiger partial charge in [0.2, 0.25) is 5.96 Å². The van der Waals surface area contributed by atoms with E-state index in [9.17, 15) is 0 Å². The van der Waals surface area contributed by atoms with Crippen LogP contribution in [0.25, 0.3) is 0 Å². The van der Waals surface area contributed by atoms with Crippen LogP contribution in [0.5, 0.6) is 11.5 Å². The van der Waals surface area contributed by atoms with E-state index >= 15 is 0 Å². The number of guanidine groups is 1. The molecule has 0 aliphatic rings. The Bertz CT molecular complexity index is 665. The Morgan fingerprint density at radius 1 is 1.09 bits per heavy atom. The Morgan fingerprint density at radius 2 is 1.86 bits per heavy atom. The molecule has 0 aliphatic carbocycles. The lowest BCUT2D eigenvalue weighted by Gasteiger charge is -2.11. The van der Waals surface area contributed by atoms with Crippen molar-refractivity contribution in [3.8, 4) is 11.5 Å². The van der Waals surface area contributed by atoms with Crippen LogP contribution in [0.3, 0.4) is 0 Å². The Hall–Kier alpha value is -3.02. The van der Waals surface area contributed by atoms with Crippen LogP contribution in [0.1, 0.15) is 11.1 Å². The third kappa shape index (κ3) is 4.52. The highest BCUT2D eigenvalue weighted by Crippen LogP contribution is 2.28. The van der Waals surface area contributed by atoms with E-state index in [2.05, 4.69) is 10.2 Å². The van der Waals surface area contributed by atoms with Gasteiger partial charge in [0.15, 0.2) is 11.5 Å². The first-order chi connectivity index (χ1) is 10.7. The molecule has 0 unspecified atom stereocenters. The fraction of sp³-hybridized carbons (Fsp3) is 0.125. The van der Waals surface area contributed by atoms with Gasteiger partial charge in [-0.25, -0.2) is 0 Å². The van der Waals surface area contributed by atoms with Gasteiger partial charge < -0.3 is 20.9 Å². The maximum absolute atomic E-state index is 5.81. The molecule has 0 atom stereocenters. The highest BCUT2D eigenvalue weighted by molar-refractivity contribution is 5.82. The zero-order valence-electron chi connectivity index (χ0n) is 12.3. The fourth-order valence-electron chi connectivity index (χ4n) is 1.78. The SMILES string of the molecule is COc1ccc(/C=N\N=C(N)N)cc1OCc1ccccc1. The molecule has 0 radical (unpaired) electrons. The second-order valence-corrected chi connectivity index (χ2v) is 4.45. The largest absolute Gasteiger partial charge is 0.493 e. The molecule has 0 bridgehead atoms. The fourth-order valence-corrected chi connectivity index (χ4v) is 1.78. The number of nitrogens with zero attached hydrogens (tertiary/aromatic N) is 2. The molecule has 4 N–H and O–H groups in total. The zero-order valence-corrected chi connectivity index (χ0v) is 12.3. The molecule has 6 heteroatoms. The van der Waals surface area contributed by atoms with Crippen LogP contribution < -0.4 is 20.9 Å². The monoisotopic (exact) mass is 298 g/mol. The van der Waals surface area contributed by atoms with E-state index in [0.717, 1.165) is 11.1 Å². The topological polar surface area (TPSA) is 95.2 Å². The maximum Gasteiger partial charge on any atom is 0.211 e. The minimum absolute atomic E-state index is 0.0923. The Balaban J connectivity index is 2.14. The van der Waals surface area contributed by atoms with Gasteiger partial charge in [0.05, 0.1) is 13.3 Å². The standard InChI is InChI=1S/C16H18N4O2/c1-21-14-8-7-13(10-19-20-16(17)18)9-15(14)22-11-12-5-3-2-4-6-12/h2-10H,11H2,1H3,(H4,17,18,20)/b19-10-. The van der Waals surface area contributed by atoms with Gasteiger partial charge in [0, 0.05) is 0 Å². The van der Waals surface area contributed by atoms with Gasteiger partial charge in [0.1, 0.15) is 6.61 Å². The average molecular weight is 298 g/mol. The summed E-state index contributed by atoms with van der Waals surface area (Å²) in [6.07, 6.45) is 1.54. The first kappa shape index (κ1) is 15.4. The summed E-state index contributed by atoms with van der Waals surface area (Å²) in [7, 11) is 1.60. The van der Waals surface area contributed by atoms with Crippen LogP contribution in [0.4, 0.5) is 0 Å². The molecular weight excluding hydrogens is 280 g/mol. The molecule has 2 aromatic rings. The normalized spacial score (nSPS) is 10.4. The van der Waals surface area contributed by atoms with E-state index in [0.29, 0.717) is 18.1 Å². The van der Waals surface area contributed by atoms with Crippen molar-refractivity contribution >= 4 is 12.2 Å². The quantitative estimate of drug-likeness (QED) is 0.483. The van der Waals surface area contributed by atoms with Crippen LogP contribution in [-0.2, 0) is 6.61 Å². The van der Waals surface area contributed by atoms with Gasteiger partial charge in [-0.15, -0.1) is 5.10 Å². The van der Waals surface area contributed by atoms with Gasteiger partial charge in [-0.1, -0.05) is 30.3 Å². The first-order valence-corrected chi connectivity index (χ1v) is 6.66. The number of hydrogen-bond donors (Lipinski definition) is 2. The Kier molecular flexibility index (Phi) is 5.37. The van der Waals surface area contributed by atoms with Crippen LogP contribution in [0.2, 0.25) is 0 Å². The van der Waals surface area contributed by atoms with Crippen molar-refractivity contribution < 1.29 is 9.47 Å². The van der Waals surface area contributed by atoms with Gasteiger partial charge >= 0.3 is 0 Å². The summed E-state index contributed by atoms with van der Waals surface area (Å²) < 4.78 is 11.1. The van der Waals surface area contributed by atoms with E-state index in [1.165, 1.54) is 6.21 Å². The molecule has 22 heavy (non-hydrogen) atoms. The van der Waals surface area contributed by atoms with Gasteiger partial charge in [-0.05, 0) is 29.3 Å². The van der Waals surface area contributed by atoms with Crippen LogP contribution in [-0.4, -0.2) is 19.3 Å². The molecule has 2 rings (SSSR count). The number of benzene rings is 2. The van der Waals surface area contributed by atoms with Crippen molar-refractivity contribution in [3.63, 3.8) is 0 Å². The molecule has 0 amide bonds. The van der Waals surface area contributed by atoms with Crippen LogP contribution in [0, 0.1) is 0 Å². The summed E-state index contributed by atoms with van der Waals surface area (Å²) >= 11 is 0. The Labute approximate surface area is 129 Å². The van der Waals surface area contributed by atoms with E-state index in [1.807, 2.05) is 42.5 Å².